The Labute approximate surface area is 132 Å². The molecule has 0 unspecified atom stereocenters. The number of ether oxygens (including phenoxy) is 1. The number of nitrogens with one attached hydrogen (secondary N) is 1. The first-order valence-electron chi connectivity index (χ1n) is 7.03. The quantitative estimate of drug-likeness (QED) is 0.783. The van der Waals surface area contributed by atoms with E-state index in [2.05, 4.69) is 10.4 Å². The second-order valence-electron chi connectivity index (χ2n) is 5.20. The summed E-state index contributed by atoms with van der Waals surface area (Å²) in [5.74, 6) is 0.587. The van der Waals surface area contributed by atoms with E-state index in [4.69, 9.17) is 4.74 Å². The molecule has 0 aliphatic rings. The summed E-state index contributed by atoms with van der Waals surface area (Å²) in [7, 11) is 3.52. The lowest BCUT2D eigenvalue weighted by Gasteiger charge is -2.06. The van der Waals surface area contributed by atoms with Crippen LogP contribution in [0.25, 0.3) is 10.1 Å². The third kappa shape index (κ3) is 2.84. The number of benzene rings is 1. The number of hydrogen-bond acceptors (Lipinski definition) is 4. The van der Waals surface area contributed by atoms with Crippen molar-refractivity contribution in [1.29, 1.82) is 0 Å². The van der Waals surface area contributed by atoms with Crippen LogP contribution in [-0.2, 0) is 20.1 Å². The van der Waals surface area contributed by atoms with Gasteiger partial charge in [-0.1, -0.05) is 0 Å². The molecule has 0 spiro atoms. The highest BCUT2D eigenvalue weighted by atomic mass is 32.1. The second kappa shape index (κ2) is 6.06. The molecule has 3 aromatic rings. The molecule has 2 aromatic heterocycles. The number of methoxy groups -OCH3 is 1. The maximum absolute atomic E-state index is 13.2. The highest BCUT2D eigenvalue weighted by Crippen LogP contribution is 2.26. The number of rotatable bonds is 5. The fourth-order valence-corrected chi connectivity index (χ4v) is 3.62. The molecule has 0 saturated heterocycles. The molecule has 1 aromatic carbocycles. The van der Waals surface area contributed by atoms with E-state index in [0.717, 1.165) is 33.8 Å². The fourth-order valence-electron chi connectivity index (χ4n) is 2.61. The molecule has 0 bridgehead atoms. The Kier molecular flexibility index (Phi) is 4.13. The van der Waals surface area contributed by atoms with Crippen LogP contribution in [0.5, 0.6) is 5.88 Å². The molecular formula is C16H18FN3OS. The predicted molar refractivity (Wildman–Crippen MR) is 86.8 cm³/mol. The van der Waals surface area contributed by atoms with Crippen molar-refractivity contribution in [2.45, 2.75) is 20.0 Å². The van der Waals surface area contributed by atoms with Crippen molar-refractivity contribution in [3.8, 4) is 5.88 Å². The predicted octanol–water partition coefficient (Wildman–Crippen LogP) is 3.38. The van der Waals surface area contributed by atoms with Gasteiger partial charge in [0.25, 0.3) is 0 Å². The van der Waals surface area contributed by atoms with Gasteiger partial charge in [-0.25, -0.2) is 9.07 Å². The average Bonchev–Trinajstić information content (AvgIpc) is 2.99. The van der Waals surface area contributed by atoms with Crippen LogP contribution in [0.1, 0.15) is 16.1 Å². The summed E-state index contributed by atoms with van der Waals surface area (Å²) in [6, 6.07) is 6.93. The van der Waals surface area contributed by atoms with E-state index in [1.54, 1.807) is 29.2 Å². The topological polar surface area (TPSA) is 39.1 Å². The van der Waals surface area contributed by atoms with Crippen LogP contribution < -0.4 is 10.1 Å². The summed E-state index contributed by atoms with van der Waals surface area (Å²) in [4.78, 5) is 1.18. The van der Waals surface area contributed by atoms with E-state index in [1.807, 2.05) is 26.1 Å². The van der Waals surface area contributed by atoms with Crippen LogP contribution >= 0.6 is 11.3 Å². The Morgan fingerprint density at radius 1 is 1.32 bits per heavy atom. The Hall–Kier alpha value is -1.92. The van der Waals surface area contributed by atoms with Crippen LogP contribution in [0.4, 0.5) is 4.39 Å². The summed E-state index contributed by atoms with van der Waals surface area (Å²) >= 11 is 1.68. The van der Waals surface area contributed by atoms with Crippen molar-refractivity contribution >= 4 is 21.4 Å². The summed E-state index contributed by atoms with van der Waals surface area (Å²) in [5, 5.41) is 8.73. The number of fused-ring (bicyclic) bond motifs is 1. The SMILES string of the molecule is COc1c(CNCc2cc3cc(F)ccc3s2)c(C)nn1C. The van der Waals surface area contributed by atoms with Crippen LogP contribution in [0.3, 0.4) is 0 Å². The maximum Gasteiger partial charge on any atom is 0.216 e. The lowest BCUT2D eigenvalue weighted by atomic mass is 10.2. The lowest BCUT2D eigenvalue weighted by Crippen LogP contribution is -2.13. The number of nitrogens with zero attached hydrogens (tertiary/aromatic N) is 2. The molecule has 22 heavy (non-hydrogen) atoms. The van der Waals surface area contributed by atoms with Crippen molar-refractivity contribution in [2.75, 3.05) is 7.11 Å². The molecule has 2 heterocycles. The van der Waals surface area contributed by atoms with Gasteiger partial charge in [-0.3, -0.25) is 0 Å². The summed E-state index contributed by atoms with van der Waals surface area (Å²) in [6.07, 6.45) is 0. The minimum absolute atomic E-state index is 0.194. The van der Waals surface area contributed by atoms with E-state index in [0.29, 0.717) is 6.54 Å². The minimum Gasteiger partial charge on any atom is -0.481 e. The number of thiophene rings is 1. The van der Waals surface area contributed by atoms with E-state index in [-0.39, 0.29) is 5.82 Å². The fraction of sp³-hybridized carbons (Fsp3) is 0.312. The van der Waals surface area contributed by atoms with Gasteiger partial charge in [0.05, 0.1) is 18.4 Å². The molecule has 0 radical (unpaired) electrons. The van der Waals surface area contributed by atoms with Gasteiger partial charge in [-0.2, -0.15) is 5.10 Å². The molecule has 116 valence electrons. The van der Waals surface area contributed by atoms with Crippen LogP contribution in [0, 0.1) is 12.7 Å². The van der Waals surface area contributed by atoms with E-state index in [9.17, 15) is 4.39 Å². The molecule has 0 aliphatic carbocycles. The largest absolute Gasteiger partial charge is 0.481 e. The van der Waals surface area contributed by atoms with Gasteiger partial charge in [-0.15, -0.1) is 11.3 Å². The van der Waals surface area contributed by atoms with Crippen LogP contribution in [0.15, 0.2) is 24.3 Å². The van der Waals surface area contributed by atoms with Gasteiger partial charge in [0.2, 0.25) is 5.88 Å². The van der Waals surface area contributed by atoms with Gasteiger partial charge in [0.15, 0.2) is 0 Å². The van der Waals surface area contributed by atoms with Crippen molar-refractivity contribution in [1.82, 2.24) is 15.1 Å². The smallest absolute Gasteiger partial charge is 0.216 e. The highest BCUT2D eigenvalue weighted by Gasteiger charge is 2.13. The maximum atomic E-state index is 13.2. The highest BCUT2D eigenvalue weighted by molar-refractivity contribution is 7.19. The normalized spacial score (nSPS) is 11.3. The van der Waals surface area contributed by atoms with Crippen molar-refractivity contribution in [3.05, 3.63) is 46.2 Å². The Bertz CT molecular complexity index is 809. The molecule has 0 fully saturated rings. The van der Waals surface area contributed by atoms with Crippen molar-refractivity contribution in [3.63, 3.8) is 0 Å². The molecule has 0 atom stereocenters. The van der Waals surface area contributed by atoms with Crippen molar-refractivity contribution < 1.29 is 9.13 Å². The number of aromatic nitrogens is 2. The second-order valence-corrected chi connectivity index (χ2v) is 6.36. The van der Waals surface area contributed by atoms with Crippen LogP contribution in [-0.4, -0.2) is 16.9 Å². The first-order chi connectivity index (χ1) is 10.6. The molecule has 6 heteroatoms. The first kappa shape index (κ1) is 15.0. The zero-order valence-corrected chi connectivity index (χ0v) is 13.6. The Balaban J connectivity index is 1.70. The zero-order valence-electron chi connectivity index (χ0n) is 12.8. The molecule has 3 rings (SSSR count). The van der Waals surface area contributed by atoms with Gasteiger partial charge in [-0.05, 0) is 36.6 Å². The van der Waals surface area contributed by atoms with Gasteiger partial charge >= 0.3 is 0 Å². The third-order valence-electron chi connectivity index (χ3n) is 3.61. The average molecular weight is 319 g/mol. The monoisotopic (exact) mass is 319 g/mol. The van der Waals surface area contributed by atoms with E-state index >= 15 is 0 Å². The number of hydrogen-bond donors (Lipinski definition) is 1. The standard InChI is InChI=1S/C16H18FN3OS/c1-10-14(16(21-3)20(2)19-10)9-18-8-13-7-11-6-12(17)4-5-15(11)22-13/h4-7,18H,8-9H2,1-3H3. The zero-order chi connectivity index (χ0) is 15.7. The first-order valence-corrected chi connectivity index (χ1v) is 7.85. The van der Waals surface area contributed by atoms with E-state index < -0.39 is 0 Å². The molecule has 0 amide bonds. The summed E-state index contributed by atoms with van der Waals surface area (Å²) in [6.45, 7) is 3.39. The Morgan fingerprint density at radius 3 is 2.91 bits per heavy atom. The van der Waals surface area contributed by atoms with E-state index in [1.165, 1.54) is 10.9 Å². The van der Waals surface area contributed by atoms with Gasteiger partial charge in [0, 0.05) is 29.7 Å². The summed E-state index contributed by atoms with van der Waals surface area (Å²) in [5.41, 5.74) is 2.03. The van der Waals surface area contributed by atoms with Gasteiger partial charge < -0.3 is 10.1 Å². The van der Waals surface area contributed by atoms with Gasteiger partial charge in [0.1, 0.15) is 5.82 Å². The third-order valence-corrected chi connectivity index (χ3v) is 4.73. The Morgan fingerprint density at radius 2 is 2.14 bits per heavy atom. The van der Waals surface area contributed by atoms with Crippen molar-refractivity contribution in [2.24, 2.45) is 7.05 Å². The molecule has 1 N–H and O–H groups in total. The molecule has 4 nitrogen and oxygen atoms in total. The minimum atomic E-state index is -0.194. The molecule has 0 saturated carbocycles. The molecule has 0 aliphatic heterocycles. The summed E-state index contributed by atoms with van der Waals surface area (Å²) < 4.78 is 21.4. The molecular weight excluding hydrogens is 301 g/mol. The number of aryl methyl sites for hydroxylation is 2. The van der Waals surface area contributed by atoms with Crippen LogP contribution in [0.2, 0.25) is 0 Å². The number of halogens is 1. The lowest BCUT2D eigenvalue weighted by molar-refractivity contribution is 0.368.